The van der Waals surface area contributed by atoms with Gasteiger partial charge in [0.2, 0.25) is 15.9 Å². The Labute approximate surface area is 186 Å². The van der Waals surface area contributed by atoms with E-state index in [0.717, 1.165) is 12.0 Å². The molecule has 8 nitrogen and oxygen atoms in total. The molecule has 1 N–H and O–H groups in total. The minimum Gasteiger partial charge on any atom is -0.408 e. The number of rotatable bonds is 6. The topological polar surface area (TPSA) is 102 Å². The van der Waals surface area contributed by atoms with E-state index in [-0.39, 0.29) is 22.9 Å². The molecule has 1 aliphatic rings. The van der Waals surface area contributed by atoms with Gasteiger partial charge in [-0.25, -0.2) is 13.2 Å². The number of hydrogen-bond donors (Lipinski definition) is 1. The summed E-state index contributed by atoms with van der Waals surface area (Å²) in [7, 11) is -2.25. The van der Waals surface area contributed by atoms with Crippen molar-refractivity contribution >= 4 is 27.0 Å². The van der Waals surface area contributed by atoms with Gasteiger partial charge in [-0.3, -0.25) is 9.36 Å². The zero-order valence-electron chi connectivity index (χ0n) is 18.2. The lowest BCUT2D eigenvalue weighted by Crippen LogP contribution is -2.45. The molecule has 2 heterocycles. The van der Waals surface area contributed by atoms with Gasteiger partial charge in [-0.15, -0.1) is 0 Å². The summed E-state index contributed by atoms with van der Waals surface area (Å²) in [6.07, 6.45) is 1.98. The van der Waals surface area contributed by atoms with Gasteiger partial charge in [0.05, 0.1) is 16.3 Å². The highest BCUT2D eigenvalue weighted by molar-refractivity contribution is 7.89. The van der Waals surface area contributed by atoms with Crippen LogP contribution in [0.5, 0.6) is 0 Å². The first-order valence-electron chi connectivity index (χ1n) is 10.7. The van der Waals surface area contributed by atoms with E-state index in [1.807, 2.05) is 25.1 Å². The van der Waals surface area contributed by atoms with E-state index >= 15 is 0 Å². The molecule has 0 saturated carbocycles. The Balaban J connectivity index is 1.42. The van der Waals surface area contributed by atoms with E-state index in [1.54, 1.807) is 13.1 Å². The molecule has 2 aromatic carbocycles. The molecule has 4 rings (SSSR count). The second-order valence-corrected chi connectivity index (χ2v) is 10.2. The van der Waals surface area contributed by atoms with Crippen molar-refractivity contribution in [3.05, 3.63) is 64.1 Å². The molecule has 32 heavy (non-hydrogen) atoms. The van der Waals surface area contributed by atoms with Crippen LogP contribution >= 0.6 is 0 Å². The zero-order chi connectivity index (χ0) is 22.9. The SMILES string of the molecule is Cc1cccc(CCNC(=O)[C@H]2CCCN(S(=O)(=O)c3ccc4c(c3)oc(=O)n4C)C2)c1. The molecular formula is C23H27N3O5S. The Morgan fingerprint density at radius 1 is 1.22 bits per heavy atom. The maximum atomic E-state index is 13.2. The first-order valence-corrected chi connectivity index (χ1v) is 12.1. The number of nitrogens with one attached hydrogen (secondary N) is 1. The summed E-state index contributed by atoms with van der Waals surface area (Å²) in [5.74, 6) is -1.06. The van der Waals surface area contributed by atoms with Gasteiger partial charge in [-0.1, -0.05) is 29.8 Å². The monoisotopic (exact) mass is 457 g/mol. The molecule has 1 saturated heterocycles. The molecular weight excluding hydrogens is 430 g/mol. The van der Waals surface area contributed by atoms with Gasteiger partial charge in [-0.05, 0) is 43.9 Å². The molecule has 1 atom stereocenters. The van der Waals surface area contributed by atoms with Crippen molar-refractivity contribution < 1.29 is 17.6 Å². The number of carbonyl (C=O) groups is 1. The van der Waals surface area contributed by atoms with Crippen LogP contribution < -0.4 is 11.1 Å². The third-order valence-electron chi connectivity index (χ3n) is 5.95. The highest BCUT2D eigenvalue weighted by Gasteiger charge is 2.33. The molecule has 1 aliphatic heterocycles. The Morgan fingerprint density at radius 2 is 2.03 bits per heavy atom. The second kappa shape index (κ2) is 8.91. The number of amides is 1. The van der Waals surface area contributed by atoms with Crippen molar-refractivity contribution in [2.75, 3.05) is 19.6 Å². The fraction of sp³-hybridized carbons (Fsp3) is 0.391. The second-order valence-electron chi connectivity index (χ2n) is 8.29. The van der Waals surface area contributed by atoms with Gasteiger partial charge in [0.1, 0.15) is 0 Å². The first-order chi connectivity index (χ1) is 15.3. The quantitative estimate of drug-likeness (QED) is 0.612. The van der Waals surface area contributed by atoms with Crippen LogP contribution in [0.2, 0.25) is 0 Å². The smallest absolute Gasteiger partial charge is 0.408 e. The Hall–Kier alpha value is -2.91. The van der Waals surface area contributed by atoms with Crippen LogP contribution in [-0.4, -0.2) is 42.8 Å². The van der Waals surface area contributed by atoms with Crippen molar-refractivity contribution in [3.63, 3.8) is 0 Å². The first kappa shape index (κ1) is 22.3. The van der Waals surface area contributed by atoms with E-state index in [4.69, 9.17) is 4.42 Å². The van der Waals surface area contributed by atoms with Crippen LogP contribution in [0.4, 0.5) is 0 Å². The summed E-state index contributed by atoms with van der Waals surface area (Å²) < 4.78 is 34.2. The van der Waals surface area contributed by atoms with E-state index < -0.39 is 21.7 Å². The fourth-order valence-electron chi connectivity index (χ4n) is 4.14. The number of sulfonamides is 1. The molecule has 0 spiro atoms. The fourth-order valence-corrected chi connectivity index (χ4v) is 5.68. The lowest BCUT2D eigenvalue weighted by molar-refractivity contribution is -0.126. The lowest BCUT2D eigenvalue weighted by atomic mass is 9.98. The summed E-state index contributed by atoms with van der Waals surface area (Å²) in [5, 5.41) is 2.95. The standard InChI is InChI=1S/C23H27N3O5S/c1-16-5-3-6-17(13-16)10-11-24-22(27)18-7-4-12-26(15-18)32(29,30)19-8-9-20-21(14-19)31-23(28)25(20)2/h3,5-6,8-9,13-14,18H,4,7,10-12,15H2,1-2H3,(H,24,27)/t18-/m0/s1. The molecule has 0 bridgehead atoms. The number of benzene rings is 2. The van der Waals surface area contributed by atoms with Crippen LogP contribution in [0.1, 0.15) is 24.0 Å². The molecule has 170 valence electrons. The number of piperidine rings is 1. The van der Waals surface area contributed by atoms with Crippen LogP contribution in [0.25, 0.3) is 11.1 Å². The Morgan fingerprint density at radius 3 is 2.81 bits per heavy atom. The van der Waals surface area contributed by atoms with Crippen molar-refractivity contribution in [1.82, 2.24) is 14.2 Å². The molecule has 0 unspecified atom stereocenters. The van der Waals surface area contributed by atoms with Crippen LogP contribution in [-0.2, 0) is 28.3 Å². The molecule has 3 aromatic rings. The van der Waals surface area contributed by atoms with Gasteiger partial charge in [0.15, 0.2) is 5.58 Å². The average molecular weight is 458 g/mol. The normalized spacial score (nSPS) is 17.5. The van der Waals surface area contributed by atoms with Crippen molar-refractivity contribution in [2.45, 2.75) is 31.1 Å². The van der Waals surface area contributed by atoms with Crippen molar-refractivity contribution in [1.29, 1.82) is 0 Å². The highest BCUT2D eigenvalue weighted by Crippen LogP contribution is 2.26. The zero-order valence-corrected chi connectivity index (χ0v) is 19.0. The molecule has 1 amide bonds. The number of hydrogen-bond acceptors (Lipinski definition) is 5. The number of fused-ring (bicyclic) bond motifs is 1. The highest BCUT2D eigenvalue weighted by atomic mass is 32.2. The summed E-state index contributed by atoms with van der Waals surface area (Å²) in [6.45, 7) is 3.03. The molecule has 9 heteroatoms. The van der Waals surface area contributed by atoms with Crippen LogP contribution in [0, 0.1) is 12.8 Å². The third-order valence-corrected chi connectivity index (χ3v) is 7.81. The largest absolute Gasteiger partial charge is 0.419 e. The molecule has 1 aromatic heterocycles. The summed E-state index contributed by atoms with van der Waals surface area (Å²) in [6, 6.07) is 12.5. The number of aryl methyl sites for hydroxylation is 2. The van der Waals surface area contributed by atoms with E-state index in [9.17, 15) is 18.0 Å². The molecule has 1 fully saturated rings. The van der Waals surface area contributed by atoms with Gasteiger partial charge < -0.3 is 9.73 Å². The molecule has 0 aliphatic carbocycles. The number of carbonyl (C=O) groups excluding carboxylic acids is 1. The van der Waals surface area contributed by atoms with Crippen LogP contribution in [0.3, 0.4) is 0 Å². The van der Waals surface area contributed by atoms with E-state index in [2.05, 4.69) is 11.4 Å². The summed E-state index contributed by atoms with van der Waals surface area (Å²) in [5.41, 5.74) is 3.08. The minimum atomic E-state index is -3.81. The molecule has 0 radical (unpaired) electrons. The van der Waals surface area contributed by atoms with Gasteiger partial charge in [0.25, 0.3) is 0 Å². The Bertz CT molecular complexity index is 1310. The minimum absolute atomic E-state index is 0.0554. The predicted molar refractivity (Wildman–Crippen MR) is 121 cm³/mol. The van der Waals surface area contributed by atoms with Gasteiger partial charge in [0, 0.05) is 32.7 Å². The van der Waals surface area contributed by atoms with Gasteiger partial charge >= 0.3 is 5.76 Å². The van der Waals surface area contributed by atoms with Crippen LogP contribution in [0.15, 0.2) is 56.6 Å². The average Bonchev–Trinajstić information content (AvgIpc) is 3.07. The summed E-state index contributed by atoms with van der Waals surface area (Å²) in [4.78, 5) is 24.5. The van der Waals surface area contributed by atoms with Crippen molar-refractivity contribution in [3.8, 4) is 0 Å². The number of nitrogens with zero attached hydrogens (tertiary/aromatic N) is 2. The van der Waals surface area contributed by atoms with E-state index in [0.29, 0.717) is 31.4 Å². The third kappa shape index (κ3) is 4.49. The lowest BCUT2D eigenvalue weighted by Gasteiger charge is -2.31. The van der Waals surface area contributed by atoms with E-state index in [1.165, 1.54) is 26.6 Å². The van der Waals surface area contributed by atoms with Crippen molar-refractivity contribution in [2.24, 2.45) is 13.0 Å². The number of aromatic nitrogens is 1. The Kier molecular flexibility index (Phi) is 6.21. The summed E-state index contributed by atoms with van der Waals surface area (Å²) >= 11 is 0. The number of oxazole rings is 1. The maximum absolute atomic E-state index is 13.2. The maximum Gasteiger partial charge on any atom is 0.419 e. The predicted octanol–water partition coefficient (Wildman–Crippen LogP) is 2.20. The van der Waals surface area contributed by atoms with Gasteiger partial charge in [-0.2, -0.15) is 4.31 Å².